The molecule has 2 unspecified atom stereocenters. The molecular formula is C17H25N3O3. The number of nitrogens with two attached hydrogens (primary N) is 1. The van der Waals surface area contributed by atoms with E-state index in [2.05, 4.69) is 0 Å². The van der Waals surface area contributed by atoms with Crippen molar-refractivity contribution in [3.63, 3.8) is 0 Å². The smallest absolute Gasteiger partial charge is 0.410 e. The zero-order chi connectivity index (χ0) is 16.8. The number of hydrogen-bond acceptors (Lipinski definition) is 4. The standard InChI is InChI=1S/C17H25N3O3/c1-13(18)16(21)19(2)15-9-6-10-20(11-15)17(22)23-12-14-7-4-3-5-8-14/h3-5,7-8,13,15H,6,9-12,18H2,1-2H3. The van der Waals surface area contributed by atoms with E-state index in [1.54, 1.807) is 23.8 Å². The maximum atomic E-state index is 12.2. The summed E-state index contributed by atoms with van der Waals surface area (Å²) in [6.07, 6.45) is 1.39. The Balaban J connectivity index is 1.87. The van der Waals surface area contributed by atoms with E-state index in [-0.39, 0.29) is 24.6 Å². The van der Waals surface area contributed by atoms with E-state index < -0.39 is 6.04 Å². The summed E-state index contributed by atoms with van der Waals surface area (Å²) in [5, 5.41) is 0. The highest BCUT2D eigenvalue weighted by atomic mass is 16.6. The van der Waals surface area contributed by atoms with Crippen LogP contribution in [0.4, 0.5) is 4.79 Å². The lowest BCUT2D eigenvalue weighted by Crippen LogP contribution is -2.53. The normalized spacial score (nSPS) is 19.1. The Morgan fingerprint density at radius 1 is 1.39 bits per heavy atom. The van der Waals surface area contributed by atoms with E-state index in [4.69, 9.17) is 10.5 Å². The van der Waals surface area contributed by atoms with Gasteiger partial charge in [-0.3, -0.25) is 4.79 Å². The number of piperidine rings is 1. The third kappa shape index (κ3) is 4.69. The second kappa shape index (κ2) is 7.97. The van der Waals surface area contributed by atoms with E-state index >= 15 is 0 Å². The minimum atomic E-state index is -0.527. The van der Waals surface area contributed by atoms with Crippen LogP contribution in [0.3, 0.4) is 0 Å². The van der Waals surface area contributed by atoms with Crippen molar-refractivity contribution < 1.29 is 14.3 Å². The summed E-state index contributed by atoms with van der Waals surface area (Å²) in [5.74, 6) is -0.102. The predicted molar refractivity (Wildman–Crippen MR) is 87.6 cm³/mol. The van der Waals surface area contributed by atoms with Gasteiger partial charge in [-0.25, -0.2) is 4.79 Å². The number of nitrogens with zero attached hydrogens (tertiary/aromatic N) is 2. The number of likely N-dealkylation sites (N-methyl/N-ethyl adjacent to an activating group) is 1. The van der Waals surface area contributed by atoms with Crippen molar-refractivity contribution in [3.8, 4) is 0 Å². The van der Waals surface area contributed by atoms with Gasteiger partial charge in [-0.1, -0.05) is 30.3 Å². The summed E-state index contributed by atoms with van der Waals surface area (Å²) in [7, 11) is 1.75. The fourth-order valence-electron chi connectivity index (χ4n) is 2.75. The topological polar surface area (TPSA) is 75.9 Å². The van der Waals surface area contributed by atoms with Crippen LogP contribution in [0.5, 0.6) is 0 Å². The van der Waals surface area contributed by atoms with Crippen molar-refractivity contribution in [2.45, 2.75) is 38.5 Å². The van der Waals surface area contributed by atoms with E-state index in [9.17, 15) is 9.59 Å². The molecule has 0 bridgehead atoms. The van der Waals surface area contributed by atoms with Gasteiger partial charge in [-0.15, -0.1) is 0 Å². The number of likely N-dealkylation sites (tertiary alicyclic amines) is 1. The van der Waals surface area contributed by atoms with Gasteiger partial charge in [-0.05, 0) is 25.3 Å². The molecule has 6 nitrogen and oxygen atoms in total. The first-order valence-corrected chi connectivity index (χ1v) is 7.97. The average Bonchev–Trinajstić information content (AvgIpc) is 2.59. The van der Waals surface area contributed by atoms with Gasteiger partial charge >= 0.3 is 6.09 Å². The maximum Gasteiger partial charge on any atom is 0.410 e. The monoisotopic (exact) mass is 319 g/mol. The summed E-state index contributed by atoms with van der Waals surface area (Å²) < 4.78 is 5.36. The number of benzene rings is 1. The Bertz CT molecular complexity index is 533. The summed E-state index contributed by atoms with van der Waals surface area (Å²) in [4.78, 5) is 27.5. The number of ether oxygens (including phenoxy) is 1. The minimum absolute atomic E-state index is 0.00785. The molecule has 126 valence electrons. The fourth-order valence-corrected chi connectivity index (χ4v) is 2.75. The Morgan fingerprint density at radius 2 is 2.09 bits per heavy atom. The number of rotatable bonds is 4. The Kier molecular flexibility index (Phi) is 5.98. The number of carbonyl (C=O) groups is 2. The lowest BCUT2D eigenvalue weighted by Gasteiger charge is -2.37. The van der Waals surface area contributed by atoms with Crippen LogP contribution in [-0.2, 0) is 16.1 Å². The quantitative estimate of drug-likeness (QED) is 0.914. The summed E-state index contributed by atoms with van der Waals surface area (Å²) in [6.45, 7) is 3.08. The molecule has 1 aliphatic rings. The lowest BCUT2D eigenvalue weighted by atomic mass is 10.0. The molecule has 2 rings (SSSR count). The largest absolute Gasteiger partial charge is 0.445 e. The molecule has 1 aromatic rings. The van der Waals surface area contributed by atoms with E-state index in [1.807, 2.05) is 30.3 Å². The highest BCUT2D eigenvalue weighted by Crippen LogP contribution is 2.17. The fraction of sp³-hybridized carbons (Fsp3) is 0.529. The highest BCUT2D eigenvalue weighted by molar-refractivity contribution is 5.81. The molecular weight excluding hydrogens is 294 g/mol. The Labute approximate surface area is 137 Å². The Morgan fingerprint density at radius 3 is 2.74 bits per heavy atom. The first-order chi connectivity index (χ1) is 11.0. The van der Waals surface area contributed by atoms with Gasteiger partial charge < -0.3 is 20.3 Å². The van der Waals surface area contributed by atoms with Crippen LogP contribution < -0.4 is 5.73 Å². The molecule has 1 fully saturated rings. The molecule has 0 spiro atoms. The summed E-state index contributed by atoms with van der Waals surface area (Å²) in [6, 6.07) is 9.05. The van der Waals surface area contributed by atoms with Crippen molar-refractivity contribution in [2.75, 3.05) is 20.1 Å². The molecule has 0 saturated carbocycles. The van der Waals surface area contributed by atoms with Gasteiger partial charge in [0.2, 0.25) is 5.91 Å². The zero-order valence-electron chi connectivity index (χ0n) is 13.8. The van der Waals surface area contributed by atoms with Gasteiger partial charge in [0, 0.05) is 26.2 Å². The van der Waals surface area contributed by atoms with Crippen LogP contribution >= 0.6 is 0 Å². The summed E-state index contributed by atoms with van der Waals surface area (Å²) in [5.41, 5.74) is 6.61. The molecule has 2 atom stereocenters. The van der Waals surface area contributed by atoms with Gasteiger partial charge in [-0.2, -0.15) is 0 Å². The van der Waals surface area contributed by atoms with Crippen LogP contribution in [0.2, 0.25) is 0 Å². The highest BCUT2D eigenvalue weighted by Gasteiger charge is 2.30. The zero-order valence-corrected chi connectivity index (χ0v) is 13.8. The van der Waals surface area contributed by atoms with Crippen LogP contribution in [-0.4, -0.2) is 54.0 Å². The molecule has 1 heterocycles. The van der Waals surface area contributed by atoms with Gasteiger partial charge in [0.05, 0.1) is 6.04 Å². The molecule has 1 aromatic carbocycles. The van der Waals surface area contributed by atoms with E-state index in [0.29, 0.717) is 13.1 Å². The SMILES string of the molecule is CC(N)C(=O)N(C)C1CCCN(C(=O)OCc2ccccc2)C1. The van der Waals surface area contributed by atoms with Crippen molar-refractivity contribution in [3.05, 3.63) is 35.9 Å². The van der Waals surface area contributed by atoms with Gasteiger partial charge in [0.15, 0.2) is 0 Å². The van der Waals surface area contributed by atoms with E-state index in [0.717, 1.165) is 18.4 Å². The minimum Gasteiger partial charge on any atom is -0.445 e. The number of carbonyl (C=O) groups excluding carboxylic acids is 2. The van der Waals surface area contributed by atoms with Crippen LogP contribution in [0, 0.1) is 0 Å². The molecule has 1 saturated heterocycles. The van der Waals surface area contributed by atoms with Gasteiger partial charge in [0.25, 0.3) is 0 Å². The second-order valence-electron chi connectivity index (χ2n) is 6.02. The molecule has 2 N–H and O–H groups in total. The molecule has 2 amide bonds. The van der Waals surface area contributed by atoms with Crippen LogP contribution in [0.25, 0.3) is 0 Å². The third-order valence-corrected chi connectivity index (χ3v) is 4.14. The molecule has 0 aliphatic carbocycles. The molecule has 23 heavy (non-hydrogen) atoms. The maximum absolute atomic E-state index is 12.2. The molecule has 6 heteroatoms. The molecule has 0 radical (unpaired) electrons. The molecule has 1 aliphatic heterocycles. The predicted octanol–water partition coefficient (Wildman–Crippen LogP) is 1.59. The van der Waals surface area contributed by atoms with E-state index in [1.165, 1.54) is 0 Å². The number of hydrogen-bond donors (Lipinski definition) is 1. The Hall–Kier alpha value is -2.08. The van der Waals surface area contributed by atoms with Crippen LogP contribution in [0.15, 0.2) is 30.3 Å². The third-order valence-electron chi connectivity index (χ3n) is 4.14. The average molecular weight is 319 g/mol. The second-order valence-corrected chi connectivity index (χ2v) is 6.02. The molecule has 0 aromatic heterocycles. The van der Waals surface area contributed by atoms with Crippen molar-refractivity contribution >= 4 is 12.0 Å². The first kappa shape index (κ1) is 17.3. The van der Waals surface area contributed by atoms with Crippen molar-refractivity contribution in [1.82, 2.24) is 9.80 Å². The number of amides is 2. The summed E-state index contributed by atoms with van der Waals surface area (Å²) >= 11 is 0. The lowest BCUT2D eigenvalue weighted by molar-refractivity contribution is -0.133. The first-order valence-electron chi connectivity index (χ1n) is 7.97. The van der Waals surface area contributed by atoms with Crippen molar-refractivity contribution in [2.24, 2.45) is 5.73 Å². The van der Waals surface area contributed by atoms with Crippen molar-refractivity contribution in [1.29, 1.82) is 0 Å². The van der Waals surface area contributed by atoms with Gasteiger partial charge in [0.1, 0.15) is 6.61 Å². The van der Waals surface area contributed by atoms with Crippen LogP contribution in [0.1, 0.15) is 25.3 Å².